The van der Waals surface area contributed by atoms with Crippen molar-refractivity contribution in [3.8, 4) is 0 Å². The Kier molecular flexibility index (Phi) is 6.33. The van der Waals surface area contributed by atoms with E-state index in [9.17, 15) is 0 Å². The minimum atomic E-state index is -0.532. The van der Waals surface area contributed by atoms with Crippen LogP contribution in [0, 0.1) is 16.7 Å². The highest BCUT2D eigenvalue weighted by molar-refractivity contribution is 7.49. The van der Waals surface area contributed by atoms with E-state index < -0.39 is 8.30 Å². The second-order valence-corrected chi connectivity index (χ2v) is 9.98. The molecule has 1 saturated carbocycles. The minimum Gasteiger partial charge on any atom is -0.340 e. The SMILES string of the molecule is CC[C@@]1(C)C[C@@H](C)[C@@H](OP(C)N(C(C)C)C(C)C)C1(C)C. The Bertz CT molecular complexity index is 334. The highest BCUT2D eigenvalue weighted by atomic mass is 31.2. The lowest BCUT2D eigenvalue weighted by Gasteiger charge is -2.44. The maximum Gasteiger partial charge on any atom is 0.102 e. The van der Waals surface area contributed by atoms with Crippen LogP contribution in [0.15, 0.2) is 0 Å². The maximum atomic E-state index is 6.71. The van der Waals surface area contributed by atoms with Crippen molar-refractivity contribution in [2.75, 3.05) is 6.66 Å². The van der Waals surface area contributed by atoms with Gasteiger partial charge in [-0.3, -0.25) is 4.67 Å². The fourth-order valence-electron chi connectivity index (χ4n) is 4.44. The van der Waals surface area contributed by atoms with E-state index in [-0.39, 0.29) is 5.41 Å². The van der Waals surface area contributed by atoms with Gasteiger partial charge >= 0.3 is 0 Å². The molecular weight excluding hydrogens is 277 g/mol. The summed E-state index contributed by atoms with van der Waals surface area (Å²) in [5.74, 6) is 0.649. The van der Waals surface area contributed by atoms with Crippen LogP contribution >= 0.6 is 8.30 Å². The van der Waals surface area contributed by atoms with Crippen molar-refractivity contribution < 1.29 is 4.52 Å². The summed E-state index contributed by atoms with van der Waals surface area (Å²) in [4.78, 5) is 0. The van der Waals surface area contributed by atoms with Crippen LogP contribution in [0.1, 0.15) is 75.2 Å². The van der Waals surface area contributed by atoms with Gasteiger partial charge in [-0.25, -0.2) is 0 Å². The van der Waals surface area contributed by atoms with E-state index in [4.69, 9.17) is 4.52 Å². The molecule has 1 unspecified atom stereocenters. The fraction of sp³-hybridized carbons (Fsp3) is 1.00. The number of rotatable bonds is 6. The summed E-state index contributed by atoms with van der Waals surface area (Å²) in [5.41, 5.74) is 0.644. The summed E-state index contributed by atoms with van der Waals surface area (Å²) >= 11 is 0. The molecule has 0 bridgehead atoms. The van der Waals surface area contributed by atoms with Crippen LogP contribution in [-0.4, -0.2) is 29.5 Å². The van der Waals surface area contributed by atoms with Gasteiger partial charge in [0.15, 0.2) is 0 Å². The molecule has 21 heavy (non-hydrogen) atoms. The van der Waals surface area contributed by atoms with Gasteiger partial charge < -0.3 is 4.52 Å². The smallest absolute Gasteiger partial charge is 0.102 e. The Morgan fingerprint density at radius 2 is 1.62 bits per heavy atom. The molecule has 0 spiro atoms. The molecule has 0 aromatic heterocycles. The first-order chi connectivity index (χ1) is 9.48. The monoisotopic (exact) mass is 315 g/mol. The summed E-state index contributed by atoms with van der Waals surface area (Å²) in [6, 6.07) is 1.08. The van der Waals surface area contributed by atoms with Crippen LogP contribution in [0.4, 0.5) is 0 Å². The summed E-state index contributed by atoms with van der Waals surface area (Å²) in [6.07, 6.45) is 2.90. The standard InChI is InChI=1S/C18H38NOP/c1-11-18(9)12-15(6)16(17(18,7)8)20-21(10)19(13(2)3)14(4)5/h13-16H,11-12H2,1-10H3/t15-,16-,18+,21?/m1/s1. The second kappa shape index (κ2) is 6.85. The Hall–Kier alpha value is 0.350. The predicted molar refractivity (Wildman–Crippen MR) is 95.8 cm³/mol. The van der Waals surface area contributed by atoms with Gasteiger partial charge in [0.05, 0.1) is 6.10 Å². The Morgan fingerprint density at radius 1 is 1.14 bits per heavy atom. The molecule has 1 rings (SSSR count). The maximum absolute atomic E-state index is 6.71. The van der Waals surface area contributed by atoms with Crippen molar-refractivity contribution in [1.29, 1.82) is 0 Å². The van der Waals surface area contributed by atoms with E-state index in [2.05, 4.69) is 73.6 Å². The van der Waals surface area contributed by atoms with E-state index in [1.165, 1.54) is 12.8 Å². The summed E-state index contributed by atoms with van der Waals surface area (Å²) in [6.45, 7) is 23.4. The minimum absolute atomic E-state index is 0.247. The van der Waals surface area contributed by atoms with Crippen LogP contribution in [0.5, 0.6) is 0 Å². The topological polar surface area (TPSA) is 12.5 Å². The lowest BCUT2D eigenvalue weighted by Crippen LogP contribution is -2.40. The first kappa shape index (κ1) is 19.4. The highest BCUT2D eigenvalue weighted by Gasteiger charge is 2.55. The Balaban J connectivity index is 2.91. The summed E-state index contributed by atoms with van der Waals surface area (Å²) in [7, 11) is -0.532. The third-order valence-corrected chi connectivity index (χ3v) is 8.09. The van der Waals surface area contributed by atoms with Gasteiger partial charge in [-0.1, -0.05) is 41.0 Å². The molecule has 4 atom stereocenters. The first-order valence-corrected chi connectivity index (χ1v) is 10.3. The molecule has 126 valence electrons. The summed E-state index contributed by atoms with van der Waals surface area (Å²) < 4.78 is 9.25. The van der Waals surface area contributed by atoms with Gasteiger partial charge in [-0.15, -0.1) is 0 Å². The molecule has 0 saturated heterocycles. The van der Waals surface area contributed by atoms with E-state index in [1.54, 1.807) is 0 Å². The van der Waals surface area contributed by atoms with Crippen molar-refractivity contribution in [1.82, 2.24) is 4.67 Å². The molecule has 1 fully saturated rings. The highest BCUT2D eigenvalue weighted by Crippen LogP contribution is 2.60. The molecule has 0 amide bonds. The zero-order valence-electron chi connectivity index (χ0n) is 16.0. The van der Waals surface area contributed by atoms with Gasteiger partial charge in [-0.2, -0.15) is 0 Å². The summed E-state index contributed by atoms with van der Waals surface area (Å²) in [5, 5.41) is 0. The first-order valence-electron chi connectivity index (χ1n) is 8.66. The number of hydrogen-bond acceptors (Lipinski definition) is 2. The molecule has 3 heteroatoms. The van der Waals surface area contributed by atoms with Crippen molar-refractivity contribution >= 4 is 8.30 Å². The van der Waals surface area contributed by atoms with Crippen LogP contribution in [-0.2, 0) is 4.52 Å². The third kappa shape index (κ3) is 3.65. The van der Waals surface area contributed by atoms with Gasteiger partial charge in [0.1, 0.15) is 8.30 Å². The van der Waals surface area contributed by atoms with Gasteiger partial charge in [0.2, 0.25) is 0 Å². The number of nitrogens with zero attached hydrogens (tertiary/aromatic N) is 1. The lowest BCUT2D eigenvalue weighted by molar-refractivity contribution is 0.0179. The Labute approximate surface area is 134 Å². The van der Waals surface area contributed by atoms with E-state index in [0.29, 0.717) is 29.5 Å². The predicted octanol–water partition coefficient (Wildman–Crippen LogP) is 5.91. The third-order valence-electron chi connectivity index (χ3n) is 5.99. The zero-order chi connectivity index (χ0) is 16.6. The van der Waals surface area contributed by atoms with Gasteiger partial charge in [-0.05, 0) is 57.5 Å². The molecular formula is C18H38NOP. The average molecular weight is 315 g/mol. The van der Waals surface area contributed by atoms with E-state index in [0.717, 1.165) is 0 Å². The van der Waals surface area contributed by atoms with Crippen LogP contribution in [0.25, 0.3) is 0 Å². The lowest BCUT2D eigenvalue weighted by atomic mass is 9.67. The molecule has 0 aliphatic heterocycles. The van der Waals surface area contributed by atoms with E-state index >= 15 is 0 Å². The second-order valence-electron chi connectivity index (χ2n) is 8.38. The molecule has 1 aliphatic carbocycles. The average Bonchev–Trinajstić information content (AvgIpc) is 2.49. The molecule has 0 aromatic carbocycles. The number of hydrogen-bond donors (Lipinski definition) is 0. The van der Waals surface area contributed by atoms with Crippen LogP contribution < -0.4 is 0 Å². The van der Waals surface area contributed by atoms with Crippen molar-refractivity contribution in [3.05, 3.63) is 0 Å². The molecule has 1 aliphatic rings. The normalized spacial score (nSPS) is 34.1. The molecule has 0 heterocycles. The molecule has 0 N–H and O–H groups in total. The zero-order valence-corrected chi connectivity index (χ0v) is 16.9. The van der Waals surface area contributed by atoms with Crippen molar-refractivity contribution in [3.63, 3.8) is 0 Å². The van der Waals surface area contributed by atoms with Crippen LogP contribution in [0.3, 0.4) is 0 Å². The molecule has 0 radical (unpaired) electrons. The van der Waals surface area contributed by atoms with E-state index in [1.807, 2.05) is 0 Å². The fourth-order valence-corrected chi connectivity index (χ4v) is 6.65. The van der Waals surface area contributed by atoms with Crippen molar-refractivity contribution in [2.45, 2.75) is 93.3 Å². The van der Waals surface area contributed by atoms with Crippen molar-refractivity contribution in [2.24, 2.45) is 16.7 Å². The molecule has 0 aromatic rings. The largest absolute Gasteiger partial charge is 0.340 e. The Morgan fingerprint density at radius 3 is 1.95 bits per heavy atom. The quantitative estimate of drug-likeness (QED) is 0.565. The van der Waals surface area contributed by atoms with Gasteiger partial charge in [0, 0.05) is 12.1 Å². The van der Waals surface area contributed by atoms with Crippen LogP contribution in [0.2, 0.25) is 0 Å². The molecule has 2 nitrogen and oxygen atoms in total. The van der Waals surface area contributed by atoms with Gasteiger partial charge in [0.25, 0.3) is 0 Å².